The van der Waals surface area contributed by atoms with Crippen LogP contribution >= 0.6 is 0 Å². The van der Waals surface area contributed by atoms with E-state index in [2.05, 4.69) is 36.5 Å². The van der Waals surface area contributed by atoms with Crippen LogP contribution in [0.3, 0.4) is 0 Å². The van der Waals surface area contributed by atoms with Gasteiger partial charge in [-0.05, 0) is 48.2 Å². The minimum atomic E-state index is -2.86. The van der Waals surface area contributed by atoms with Crippen molar-refractivity contribution < 1.29 is 8.42 Å². The number of hydrogen-bond acceptors (Lipinski definition) is 3. The van der Waals surface area contributed by atoms with Crippen LogP contribution in [-0.4, -0.2) is 27.0 Å². The average molecular weight is 303 g/mol. The van der Waals surface area contributed by atoms with Gasteiger partial charge in [0.2, 0.25) is 0 Å². The van der Waals surface area contributed by atoms with Crippen molar-refractivity contribution in [3.8, 4) is 0 Å². The molecule has 2 aromatic rings. The summed E-state index contributed by atoms with van der Waals surface area (Å²) in [5.41, 5.74) is 2.47. The highest BCUT2D eigenvalue weighted by atomic mass is 32.2. The Hall–Kier alpha value is -1.39. The summed E-state index contributed by atoms with van der Waals surface area (Å²) in [6.07, 6.45) is 0.747. The minimum Gasteiger partial charge on any atom is -0.313 e. The lowest BCUT2D eigenvalue weighted by Crippen LogP contribution is -2.27. The van der Waals surface area contributed by atoms with E-state index in [9.17, 15) is 8.42 Å². The molecule has 1 saturated heterocycles. The highest BCUT2D eigenvalue weighted by molar-refractivity contribution is 7.91. The molecule has 1 aliphatic rings. The van der Waals surface area contributed by atoms with Gasteiger partial charge in [0.05, 0.1) is 11.5 Å². The van der Waals surface area contributed by atoms with Gasteiger partial charge < -0.3 is 5.32 Å². The Morgan fingerprint density at radius 2 is 1.95 bits per heavy atom. The number of benzene rings is 2. The third-order valence-electron chi connectivity index (χ3n) is 4.55. The van der Waals surface area contributed by atoms with Crippen molar-refractivity contribution in [2.24, 2.45) is 5.92 Å². The fourth-order valence-corrected chi connectivity index (χ4v) is 5.36. The third kappa shape index (κ3) is 2.70. The van der Waals surface area contributed by atoms with Gasteiger partial charge >= 0.3 is 0 Å². The lowest BCUT2D eigenvalue weighted by Gasteiger charge is -2.26. The van der Waals surface area contributed by atoms with Gasteiger partial charge in [-0.1, -0.05) is 36.4 Å². The summed E-state index contributed by atoms with van der Waals surface area (Å²) < 4.78 is 23.6. The van der Waals surface area contributed by atoms with E-state index in [4.69, 9.17) is 0 Å². The van der Waals surface area contributed by atoms with Crippen LogP contribution in [0.25, 0.3) is 10.8 Å². The molecule has 3 nitrogen and oxygen atoms in total. The Balaban J connectivity index is 2.11. The molecule has 0 aromatic heterocycles. The van der Waals surface area contributed by atoms with E-state index < -0.39 is 9.84 Å². The first-order chi connectivity index (χ1) is 10.0. The maximum atomic E-state index is 11.8. The zero-order valence-corrected chi connectivity index (χ0v) is 13.3. The molecular weight excluding hydrogens is 282 g/mol. The molecule has 112 valence electrons. The smallest absolute Gasteiger partial charge is 0.150 e. The number of fused-ring (bicyclic) bond motifs is 1. The van der Waals surface area contributed by atoms with Crippen LogP contribution in [0.4, 0.5) is 0 Å². The number of rotatable bonds is 3. The van der Waals surface area contributed by atoms with Crippen LogP contribution in [0.5, 0.6) is 0 Å². The molecule has 3 rings (SSSR count). The van der Waals surface area contributed by atoms with Gasteiger partial charge in [-0.3, -0.25) is 0 Å². The van der Waals surface area contributed by atoms with Gasteiger partial charge in [0.25, 0.3) is 0 Å². The van der Waals surface area contributed by atoms with Crippen molar-refractivity contribution >= 4 is 20.6 Å². The lowest BCUT2D eigenvalue weighted by atomic mass is 9.86. The van der Waals surface area contributed by atoms with E-state index in [0.29, 0.717) is 11.5 Å². The summed E-state index contributed by atoms with van der Waals surface area (Å²) >= 11 is 0. The topological polar surface area (TPSA) is 46.2 Å². The first kappa shape index (κ1) is 14.5. The Morgan fingerprint density at radius 1 is 1.19 bits per heavy atom. The molecule has 1 heterocycles. The molecule has 21 heavy (non-hydrogen) atoms. The van der Waals surface area contributed by atoms with Crippen molar-refractivity contribution in [2.75, 3.05) is 18.6 Å². The summed E-state index contributed by atoms with van der Waals surface area (Å²) in [6.45, 7) is 2.11. The predicted molar refractivity (Wildman–Crippen MR) is 87.2 cm³/mol. The maximum absolute atomic E-state index is 11.8. The summed E-state index contributed by atoms with van der Waals surface area (Å²) in [5.74, 6) is 0.769. The van der Waals surface area contributed by atoms with Crippen molar-refractivity contribution in [2.45, 2.75) is 19.4 Å². The van der Waals surface area contributed by atoms with Gasteiger partial charge in [-0.25, -0.2) is 8.42 Å². The molecule has 0 aliphatic carbocycles. The third-order valence-corrected chi connectivity index (χ3v) is 6.34. The van der Waals surface area contributed by atoms with Gasteiger partial charge in [0.15, 0.2) is 9.84 Å². The molecule has 1 fully saturated rings. The largest absolute Gasteiger partial charge is 0.313 e. The van der Waals surface area contributed by atoms with E-state index in [1.165, 1.54) is 21.9 Å². The Labute approximate surface area is 126 Å². The number of aryl methyl sites for hydroxylation is 1. The predicted octanol–water partition coefficient (Wildman–Crippen LogP) is 2.84. The average Bonchev–Trinajstić information content (AvgIpc) is 2.82. The normalized spacial score (nSPS) is 22.5. The van der Waals surface area contributed by atoms with E-state index in [0.717, 1.165) is 6.42 Å². The minimum absolute atomic E-state index is 0.0911. The van der Waals surface area contributed by atoms with E-state index in [-0.39, 0.29) is 12.0 Å². The number of nitrogens with one attached hydrogen (secondary N) is 1. The molecule has 0 bridgehead atoms. The van der Waals surface area contributed by atoms with E-state index in [1.807, 2.05) is 19.2 Å². The summed E-state index contributed by atoms with van der Waals surface area (Å²) in [5, 5.41) is 5.80. The molecule has 0 spiro atoms. The second-order valence-corrected chi connectivity index (χ2v) is 8.18. The number of hydrogen-bond donors (Lipinski definition) is 1. The highest BCUT2D eigenvalue weighted by Gasteiger charge is 2.34. The number of sulfone groups is 1. The van der Waals surface area contributed by atoms with Crippen LogP contribution in [0.1, 0.15) is 23.6 Å². The second kappa shape index (κ2) is 5.43. The standard InChI is InChI=1S/C17H21NO2S/c1-12-7-8-13-5-3-4-6-15(13)16(12)17(18-2)14-9-10-21(19,20)11-14/h3-8,14,17-18H,9-11H2,1-2H3. The molecule has 1 N–H and O–H groups in total. The SMILES string of the molecule is CNC(c1c(C)ccc2ccccc12)C1CCS(=O)(=O)C1. The van der Waals surface area contributed by atoms with Gasteiger partial charge in [-0.15, -0.1) is 0 Å². The second-order valence-electron chi connectivity index (χ2n) is 5.95. The fraction of sp³-hybridized carbons (Fsp3) is 0.412. The van der Waals surface area contributed by atoms with E-state index in [1.54, 1.807) is 0 Å². The Kier molecular flexibility index (Phi) is 3.76. The van der Waals surface area contributed by atoms with Crippen LogP contribution in [0, 0.1) is 12.8 Å². The zero-order chi connectivity index (χ0) is 15.0. The molecule has 0 saturated carbocycles. The molecule has 1 aliphatic heterocycles. The molecule has 2 unspecified atom stereocenters. The molecule has 0 radical (unpaired) electrons. The molecular formula is C17H21NO2S. The van der Waals surface area contributed by atoms with Gasteiger partial charge in [-0.2, -0.15) is 0 Å². The Bertz CT molecular complexity index is 767. The van der Waals surface area contributed by atoms with Gasteiger partial charge in [0.1, 0.15) is 0 Å². The highest BCUT2D eigenvalue weighted by Crippen LogP contribution is 2.36. The summed E-state index contributed by atoms with van der Waals surface area (Å²) in [6, 6.07) is 12.7. The van der Waals surface area contributed by atoms with Crippen molar-refractivity contribution in [3.63, 3.8) is 0 Å². The van der Waals surface area contributed by atoms with Crippen LogP contribution < -0.4 is 5.32 Å². The fourth-order valence-electron chi connectivity index (χ4n) is 3.52. The zero-order valence-electron chi connectivity index (χ0n) is 12.5. The summed E-state index contributed by atoms with van der Waals surface area (Å²) in [4.78, 5) is 0. The van der Waals surface area contributed by atoms with Crippen LogP contribution in [0.15, 0.2) is 36.4 Å². The molecule has 2 atom stereocenters. The maximum Gasteiger partial charge on any atom is 0.150 e. The summed E-state index contributed by atoms with van der Waals surface area (Å²) in [7, 11) is -0.937. The lowest BCUT2D eigenvalue weighted by molar-refractivity contribution is 0.419. The quantitative estimate of drug-likeness (QED) is 0.948. The van der Waals surface area contributed by atoms with Crippen molar-refractivity contribution in [3.05, 3.63) is 47.5 Å². The first-order valence-electron chi connectivity index (χ1n) is 7.38. The Morgan fingerprint density at radius 3 is 2.62 bits per heavy atom. The molecule has 4 heteroatoms. The monoisotopic (exact) mass is 303 g/mol. The molecule has 2 aromatic carbocycles. The van der Waals surface area contributed by atoms with Gasteiger partial charge in [0, 0.05) is 6.04 Å². The van der Waals surface area contributed by atoms with Crippen LogP contribution in [0.2, 0.25) is 0 Å². The van der Waals surface area contributed by atoms with Crippen molar-refractivity contribution in [1.29, 1.82) is 0 Å². The van der Waals surface area contributed by atoms with Crippen molar-refractivity contribution in [1.82, 2.24) is 5.32 Å². The van der Waals surface area contributed by atoms with E-state index >= 15 is 0 Å². The van der Waals surface area contributed by atoms with Crippen LogP contribution in [-0.2, 0) is 9.84 Å². The first-order valence-corrected chi connectivity index (χ1v) is 9.20. The molecule has 0 amide bonds.